The van der Waals surface area contributed by atoms with Gasteiger partial charge in [-0.1, -0.05) is 6.58 Å². The Morgan fingerprint density at radius 2 is 1.62 bits per heavy atom. The van der Waals surface area contributed by atoms with Crippen LogP contribution in [0.4, 0.5) is 0 Å². The molecule has 0 aromatic heterocycles. The molecule has 78 valence electrons. The van der Waals surface area contributed by atoms with Crippen molar-refractivity contribution >= 4 is 17.7 Å². The molecule has 0 N–H and O–H groups in total. The van der Waals surface area contributed by atoms with E-state index in [2.05, 4.69) is 19.8 Å². The topological polar surface area (TPSA) is 78.9 Å². The van der Waals surface area contributed by atoms with Crippen LogP contribution in [-0.4, -0.2) is 29.7 Å². The molecule has 0 unspecified atom stereocenters. The summed E-state index contributed by atoms with van der Waals surface area (Å²) in [4.78, 5) is 0. The molecule has 0 bridgehead atoms. The van der Waals surface area contributed by atoms with E-state index in [1.54, 1.807) is 0 Å². The molecule has 0 atom stereocenters. The van der Waals surface area contributed by atoms with Crippen LogP contribution in [-0.2, 0) is 27.9 Å². The van der Waals surface area contributed by atoms with Gasteiger partial charge < -0.3 is 9.05 Å². The Morgan fingerprint density at radius 1 is 1.23 bits per heavy atom. The molecule has 0 aliphatic rings. The first-order valence-corrected chi connectivity index (χ1v) is 6.00. The van der Waals surface area contributed by atoms with Crippen LogP contribution < -0.4 is 0 Å². The maximum atomic E-state index is 11.5. The Labute approximate surface area is 77.1 Å². The Hall–Kier alpha value is -0.200. The normalized spacial score (nSPS) is 12.8. The van der Waals surface area contributed by atoms with Crippen molar-refractivity contribution in [2.75, 3.05) is 21.3 Å². The van der Waals surface area contributed by atoms with Crippen LogP contribution in [0.25, 0.3) is 0 Å². The van der Waals surface area contributed by atoms with Crippen LogP contribution in [0.15, 0.2) is 11.2 Å². The van der Waals surface area contributed by atoms with E-state index in [1.807, 2.05) is 0 Å². The van der Waals surface area contributed by atoms with Gasteiger partial charge in [0.15, 0.2) is 4.65 Å². The van der Waals surface area contributed by atoms with E-state index in [0.29, 0.717) is 0 Å². The molecule has 0 aromatic carbocycles. The number of rotatable bonds is 5. The number of hydrogen-bond donors (Lipinski definition) is 0. The van der Waals surface area contributed by atoms with Crippen molar-refractivity contribution in [3.63, 3.8) is 0 Å². The third-order valence-corrected chi connectivity index (χ3v) is 5.22. The highest BCUT2D eigenvalue weighted by molar-refractivity contribution is 7.99. The second kappa shape index (κ2) is 4.34. The molecule has 0 fully saturated rings. The monoisotopic (exact) mass is 230 g/mol. The highest BCUT2D eigenvalue weighted by atomic mass is 32.2. The molecule has 0 aliphatic heterocycles. The molecule has 13 heavy (non-hydrogen) atoms. The zero-order valence-corrected chi connectivity index (χ0v) is 9.22. The van der Waals surface area contributed by atoms with Gasteiger partial charge in [-0.05, 0) is 0 Å². The van der Waals surface area contributed by atoms with Crippen molar-refractivity contribution in [3.05, 3.63) is 11.2 Å². The van der Waals surface area contributed by atoms with Crippen LogP contribution in [0, 0.1) is 0 Å². The van der Waals surface area contributed by atoms with Gasteiger partial charge in [-0.15, -0.1) is 0 Å². The van der Waals surface area contributed by atoms with E-state index in [0.717, 1.165) is 21.3 Å². The van der Waals surface area contributed by atoms with Crippen LogP contribution in [0.1, 0.15) is 0 Å². The molecule has 0 rings (SSSR count). The lowest BCUT2D eigenvalue weighted by molar-refractivity contribution is 0.284. The second-order valence-corrected chi connectivity index (χ2v) is 6.18. The molecule has 8 heteroatoms. The fraction of sp³-hybridized carbons (Fsp3) is 0.600. The average Bonchev–Trinajstić information content (AvgIpc) is 2.15. The fourth-order valence-electron chi connectivity index (χ4n) is 0.511. The molecule has 0 amide bonds. The molecule has 0 spiro atoms. The first kappa shape index (κ1) is 12.8. The van der Waals surface area contributed by atoms with Crippen molar-refractivity contribution in [1.29, 1.82) is 0 Å². The Morgan fingerprint density at radius 3 is 1.85 bits per heavy atom. The smallest absolute Gasteiger partial charge is 0.308 e. The third kappa shape index (κ3) is 2.62. The number of hydrogen-bond acceptors (Lipinski definition) is 6. The zero-order chi connectivity index (χ0) is 10.7. The lowest BCUT2D eigenvalue weighted by Crippen LogP contribution is -2.07. The molecule has 0 saturated carbocycles. The van der Waals surface area contributed by atoms with Gasteiger partial charge in [-0.3, -0.25) is 8.75 Å². The highest BCUT2D eigenvalue weighted by Gasteiger charge is 2.36. The largest absolute Gasteiger partial charge is 0.374 e. The van der Waals surface area contributed by atoms with Crippen molar-refractivity contribution in [2.24, 2.45) is 0 Å². The van der Waals surface area contributed by atoms with E-state index in [1.165, 1.54) is 0 Å². The lowest BCUT2D eigenvalue weighted by atomic mass is 11.3. The minimum Gasteiger partial charge on any atom is -0.308 e. The Bertz CT molecular complexity index is 323. The maximum Gasteiger partial charge on any atom is 0.374 e. The highest BCUT2D eigenvalue weighted by Crippen LogP contribution is 2.56. The lowest BCUT2D eigenvalue weighted by Gasteiger charge is -2.14. The standard InChI is InChI=1S/C5H11O6PS/c1-5(13(7,8)11-4)12(6,9-2)10-3/h1H2,2-4H3. The van der Waals surface area contributed by atoms with Crippen molar-refractivity contribution in [3.8, 4) is 0 Å². The van der Waals surface area contributed by atoms with Gasteiger partial charge in [0.25, 0.3) is 0 Å². The SMILES string of the molecule is C=C(P(=O)(OC)OC)S(=O)(=O)OC. The predicted octanol–water partition coefficient (Wildman–Crippen LogP) is 0.920. The fourth-order valence-corrected chi connectivity index (χ4v) is 3.03. The molecule has 0 radical (unpaired) electrons. The van der Waals surface area contributed by atoms with Crippen molar-refractivity contribution in [2.45, 2.75) is 0 Å². The Balaban J connectivity index is 5.12. The summed E-state index contributed by atoms with van der Waals surface area (Å²) in [5.41, 5.74) is 0. The maximum absolute atomic E-state index is 11.5. The summed E-state index contributed by atoms with van der Waals surface area (Å²) >= 11 is 0. The van der Waals surface area contributed by atoms with Gasteiger partial charge in [0.2, 0.25) is 0 Å². The van der Waals surface area contributed by atoms with Crippen LogP contribution in [0.2, 0.25) is 0 Å². The molecular formula is C5H11O6PS. The summed E-state index contributed by atoms with van der Waals surface area (Å²) in [7, 11) is -4.87. The van der Waals surface area contributed by atoms with E-state index in [9.17, 15) is 13.0 Å². The first-order chi connectivity index (χ1) is 5.84. The molecule has 0 saturated heterocycles. The summed E-state index contributed by atoms with van der Waals surface area (Å²) in [6, 6.07) is 0. The van der Waals surface area contributed by atoms with Gasteiger partial charge in [-0.2, -0.15) is 8.42 Å². The van der Waals surface area contributed by atoms with Crippen LogP contribution in [0.5, 0.6) is 0 Å². The van der Waals surface area contributed by atoms with Gasteiger partial charge in [-0.25, -0.2) is 0 Å². The van der Waals surface area contributed by atoms with Crippen LogP contribution in [0.3, 0.4) is 0 Å². The minimum absolute atomic E-state index is 0.715. The first-order valence-electron chi connectivity index (χ1n) is 3.05. The minimum atomic E-state index is -4.09. The van der Waals surface area contributed by atoms with E-state index in [4.69, 9.17) is 0 Å². The Kier molecular flexibility index (Phi) is 4.28. The zero-order valence-electron chi connectivity index (χ0n) is 7.51. The summed E-state index contributed by atoms with van der Waals surface area (Å²) in [5, 5.41) is 0. The summed E-state index contributed by atoms with van der Waals surface area (Å²) in [5.74, 6) is 0. The van der Waals surface area contributed by atoms with Crippen molar-refractivity contribution < 1.29 is 26.2 Å². The molecule has 0 heterocycles. The van der Waals surface area contributed by atoms with Gasteiger partial charge >= 0.3 is 17.7 Å². The van der Waals surface area contributed by atoms with Gasteiger partial charge in [0.05, 0.1) is 7.11 Å². The molecule has 6 nitrogen and oxygen atoms in total. The average molecular weight is 230 g/mol. The quantitative estimate of drug-likeness (QED) is 0.516. The predicted molar refractivity (Wildman–Crippen MR) is 46.7 cm³/mol. The van der Waals surface area contributed by atoms with Gasteiger partial charge in [0.1, 0.15) is 0 Å². The summed E-state index contributed by atoms with van der Waals surface area (Å²) in [6.45, 7) is 3.08. The second-order valence-electron chi connectivity index (χ2n) is 1.88. The molecule has 0 aliphatic carbocycles. The van der Waals surface area contributed by atoms with E-state index in [-0.39, 0.29) is 0 Å². The summed E-state index contributed by atoms with van der Waals surface area (Å²) in [6.07, 6.45) is 0. The summed E-state index contributed by atoms with van der Waals surface area (Å²) < 4.78 is 45.7. The van der Waals surface area contributed by atoms with E-state index < -0.39 is 22.4 Å². The van der Waals surface area contributed by atoms with E-state index >= 15 is 0 Å². The van der Waals surface area contributed by atoms with Crippen LogP contribution >= 0.6 is 7.60 Å². The van der Waals surface area contributed by atoms with Crippen molar-refractivity contribution in [1.82, 2.24) is 0 Å². The molecular weight excluding hydrogens is 219 g/mol. The van der Waals surface area contributed by atoms with Gasteiger partial charge in [0, 0.05) is 14.2 Å². The molecule has 0 aromatic rings. The third-order valence-electron chi connectivity index (χ3n) is 1.29.